The van der Waals surface area contributed by atoms with E-state index >= 15 is 0 Å². The van der Waals surface area contributed by atoms with Crippen molar-refractivity contribution in [3.63, 3.8) is 0 Å². The third-order valence-electron chi connectivity index (χ3n) is 2.18. The van der Waals surface area contributed by atoms with Crippen LogP contribution in [-0.2, 0) is 6.54 Å². The Morgan fingerprint density at radius 1 is 1.31 bits per heavy atom. The summed E-state index contributed by atoms with van der Waals surface area (Å²) in [6, 6.07) is 6.92. The number of hydrogen-bond acceptors (Lipinski definition) is 2. The number of carboxylic acids is 1. The van der Waals surface area contributed by atoms with Gasteiger partial charge in [0.1, 0.15) is 0 Å². The molecule has 1 rings (SSSR count). The van der Waals surface area contributed by atoms with Crippen molar-refractivity contribution in [2.24, 2.45) is 0 Å². The van der Waals surface area contributed by atoms with E-state index in [-0.39, 0.29) is 0 Å². The topological polar surface area (TPSA) is 49.3 Å². The van der Waals surface area contributed by atoms with Crippen LogP contribution in [0.25, 0.3) is 0 Å². The molecule has 1 aromatic rings. The summed E-state index contributed by atoms with van der Waals surface area (Å²) in [4.78, 5) is 10.6. The Kier molecular flexibility index (Phi) is 4.73. The molecular weight excluding hydrogens is 202 g/mol. The molecule has 0 fully saturated rings. The molecule has 3 nitrogen and oxygen atoms in total. The molecule has 0 aromatic heterocycles. The summed E-state index contributed by atoms with van der Waals surface area (Å²) in [5.41, 5.74) is 2.70. The van der Waals surface area contributed by atoms with Crippen molar-refractivity contribution in [3.8, 4) is 0 Å². The molecule has 0 aliphatic heterocycles. The van der Waals surface area contributed by atoms with E-state index in [4.69, 9.17) is 5.11 Å². The van der Waals surface area contributed by atoms with Crippen LogP contribution in [0.2, 0.25) is 0 Å². The fourth-order valence-corrected chi connectivity index (χ4v) is 1.26. The van der Waals surface area contributed by atoms with Crippen LogP contribution >= 0.6 is 0 Å². The van der Waals surface area contributed by atoms with Gasteiger partial charge in [-0.3, -0.25) is 0 Å². The van der Waals surface area contributed by atoms with Gasteiger partial charge in [-0.1, -0.05) is 23.8 Å². The largest absolute Gasteiger partial charge is 0.478 e. The van der Waals surface area contributed by atoms with Crippen molar-refractivity contribution in [1.82, 2.24) is 5.32 Å². The third-order valence-corrected chi connectivity index (χ3v) is 2.18. The second kappa shape index (κ2) is 6.08. The Morgan fingerprint density at radius 3 is 2.44 bits per heavy atom. The van der Waals surface area contributed by atoms with Crippen molar-refractivity contribution in [1.29, 1.82) is 0 Å². The second-order valence-corrected chi connectivity index (χ2v) is 3.91. The van der Waals surface area contributed by atoms with Gasteiger partial charge < -0.3 is 10.4 Å². The number of carbonyl (C=O) groups is 1. The van der Waals surface area contributed by atoms with Gasteiger partial charge in [0, 0.05) is 13.1 Å². The maximum absolute atomic E-state index is 10.6. The number of hydrogen-bond donors (Lipinski definition) is 2. The SMILES string of the molecule is CC(C)=CCNCc1ccc(C(=O)O)cc1. The highest BCUT2D eigenvalue weighted by molar-refractivity contribution is 5.87. The van der Waals surface area contributed by atoms with Crippen LogP contribution in [0.15, 0.2) is 35.9 Å². The summed E-state index contributed by atoms with van der Waals surface area (Å²) >= 11 is 0. The predicted octanol–water partition coefficient (Wildman–Crippen LogP) is 2.44. The standard InChI is InChI=1S/C13H17NO2/c1-10(2)7-8-14-9-11-3-5-12(6-4-11)13(15)16/h3-7,14H,8-9H2,1-2H3,(H,15,16). The van der Waals surface area contributed by atoms with Gasteiger partial charge in [-0.15, -0.1) is 0 Å². The molecule has 0 saturated carbocycles. The first-order chi connectivity index (χ1) is 7.59. The zero-order valence-corrected chi connectivity index (χ0v) is 9.66. The Bertz CT molecular complexity index is 375. The van der Waals surface area contributed by atoms with Crippen molar-refractivity contribution in [2.75, 3.05) is 6.54 Å². The number of allylic oxidation sites excluding steroid dienone is 1. The monoisotopic (exact) mass is 219 g/mol. The Morgan fingerprint density at radius 2 is 1.94 bits per heavy atom. The van der Waals surface area contributed by atoms with E-state index in [9.17, 15) is 4.79 Å². The summed E-state index contributed by atoms with van der Waals surface area (Å²) in [5.74, 6) is -0.885. The van der Waals surface area contributed by atoms with Gasteiger partial charge in [-0.25, -0.2) is 4.79 Å². The maximum atomic E-state index is 10.6. The summed E-state index contributed by atoms with van der Waals surface area (Å²) in [6.07, 6.45) is 2.12. The van der Waals surface area contributed by atoms with E-state index in [1.54, 1.807) is 12.1 Å². The molecular formula is C13H17NO2. The Hall–Kier alpha value is -1.61. The van der Waals surface area contributed by atoms with Gasteiger partial charge in [0.25, 0.3) is 0 Å². The molecule has 16 heavy (non-hydrogen) atoms. The van der Waals surface area contributed by atoms with Gasteiger partial charge in [-0.2, -0.15) is 0 Å². The summed E-state index contributed by atoms with van der Waals surface area (Å²) in [5, 5.41) is 12.0. The number of rotatable bonds is 5. The fourth-order valence-electron chi connectivity index (χ4n) is 1.26. The zero-order valence-electron chi connectivity index (χ0n) is 9.66. The maximum Gasteiger partial charge on any atom is 0.335 e. The fraction of sp³-hybridized carbons (Fsp3) is 0.308. The number of benzene rings is 1. The summed E-state index contributed by atoms with van der Waals surface area (Å²) in [6.45, 7) is 5.71. The van der Waals surface area contributed by atoms with E-state index in [1.165, 1.54) is 5.57 Å². The van der Waals surface area contributed by atoms with Crippen LogP contribution in [-0.4, -0.2) is 17.6 Å². The molecule has 0 saturated heterocycles. The Labute approximate surface area is 95.8 Å². The number of carboxylic acid groups (broad SMARTS) is 1. The van der Waals surface area contributed by atoms with E-state index in [0.29, 0.717) is 5.56 Å². The van der Waals surface area contributed by atoms with Crippen LogP contribution in [0.3, 0.4) is 0 Å². The van der Waals surface area contributed by atoms with Gasteiger partial charge in [-0.05, 0) is 31.5 Å². The third kappa shape index (κ3) is 4.28. The molecule has 0 atom stereocenters. The molecule has 0 heterocycles. The second-order valence-electron chi connectivity index (χ2n) is 3.91. The van der Waals surface area contributed by atoms with E-state index in [1.807, 2.05) is 12.1 Å². The van der Waals surface area contributed by atoms with Crippen molar-refractivity contribution in [3.05, 3.63) is 47.0 Å². The van der Waals surface area contributed by atoms with Crippen LogP contribution in [0.5, 0.6) is 0 Å². The Balaban J connectivity index is 2.44. The first-order valence-electron chi connectivity index (χ1n) is 5.26. The average molecular weight is 219 g/mol. The molecule has 0 aliphatic carbocycles. The molecule has 3 heteroatoms. The van der Waals surface area contributed by atoms with Crippen LogP contribution in [0.1, 0.15) is 29.8 Å². The lowest BCUT2D eigenvalue weighted by Crippen LogP contribution is -2.13. The zero-order chi connectivity index (χ0) is 12.0. The van der Waals surface area contributed by atoms with E-state index in [2.05, 4.69) is 25.2 Å². The van der Waals surface area contributed by atoms with Crippen molar-refractivity contribution in [2.45, 2.75) is 20.4 Å². The smallest absolute Gasteiger partial charge is 0.335 e. The lowest BCUT2D eigenvalue weighted by atomic mass is 10.1. The van der Waals surface area contributed by atoms with Gasteiger partial charge in [0.15, 0.2) is 0 Å². The highest BCUT2D eigenvalue weighted by atomic mass is 16.4. The van der Waals surface area contributed by atoms with Crippen molar-refractivity contribution >= 4 is 5.97 Å². The first-order valence-corrected chi connectivity index (χ1v) is 5.26. The van der Waals surface area contributed by atoms with E-state index < -0.39 is 5.97 Å². The number of aromatic carboxylic acids is 1. The van der Waals surface area contributed by atoms with Gasteiger partial charge in [0.05, 0.1) is 5.56 Å². The minimum Gasteiger partial charge on any atom is -0.478 e. The van der Waals surface area contributed by atoms with E-state index in [0.717, 1.165) is 18.7 Å². The van der Waals surface area contributed by atoms with Gasteiger partial charge in [0.2, 0.25) is 0 Å². The highest BCUT2D eigenvalue weighted by Crippen LogP contribution is 2.04. The normalized spacial score (nSPS) is 9.88. The average Bonchev–Trinajstić information content (AvgIpc) is 2.25. The predicted molar refractivity (Wildman–Crippen MR) is 64.5 cm³/mol. The molecule has 0 aliphatic rings. The molecule has 1 aromatic carbocycles. The summed E-state index contributed by atoms with van der Waals surface area (Å²) in [7, 11) is 0. The van der Waals surface area contributed by atoms with Gasteiger partial charge >= 0.3 is 5.97 Å². The lowest BCUT2D eigenvalue weighted by molar-refractivity contribution is 0.0697. The quantitative estimate of drug-likeness (QED) is 0.590. The summed E-state index contributed by atoms with van der Waals surface area (Å²) < 4.78 is 0. The number of nitrogens with one attached hydrogen (secondary N) is 1. The van der Waals surface area contributed by atoms with Crippen molar-refractivity contribution < 1.29 is 9.90 Å². The van der Waals surface area contributed by atoms with Crippen LogP contribution in [0, 0.1) is 0 Å². The van der Waals surface area contributed by atoms with Crippen LogP contribution in [0.4, 0.5) is 0 Å². The molecule has 0 bridgehead atoms. The molecule has 0 spiro atoms. The molecule has 86 valence electrons. The minimum absolute atomic E-state index is 0.327. The minimum atomic E-state index is -0.885. The highest BCUT2D eigenvalue weighted by Gasteiger charge is 2.00. The molecule has 0 radical (unpaired) electrons. The van der Waals surface area contributed by atoms with Crippen LogP contribution < -0.4 is 5.32 Å². The molecule has 0 amide bonds. The molecule has 2 N–H and O–H groups in total. The molecule has 0 unspecified atom stereocenters. The lowest BCUT2D eigenvalue weighted by Gasteiger charge is -2.03. The first kappa shape index (κ1) is 12.5.